The van der Waals surface area contributed by atoms with Crippen molar-refractivity contribution in [2.75, 3.05) is 0 Å². The molecule has 0 aromatic rings. The smallest absolute Gasteiger partial charge is 0.332 e. The van der Waals surface area contributed by atoms with Crippen LogP contribution < -0.4 is 0 Å². The third-order valence-corrected chi connectivity index (χ3v) is 2.01. The van der Waals surface area contributed by atoms with Gasteiger partial charge < -0.3 is 5.11 Å². The third-order valence-electron chi connectivity index (χ3n) is 1.74. The van der Waals surface area contributed by atoms with Crippen LogP contribution in [0.4, 0.5) is 0 Å². The summed E-state index contributed by atoms with van der Waals surface area (Å²) in [6, 6.07) is 0. The molecule has 0 aliphatic rings. The molecule has 74 valence electrons. The van der Waals surface area contributed by atoms with Crippen LogP contribution in [0.5, 0.6) is 0 Å². The fourth-order valence-electron chi connectivity index (χ4n) is 1.18. The predicted molar refractivity (Wildman–Crippen MR) is 53.8 cm³/mol. The molecule has 0 aromatic carbocycles. The van der Waals surface area contributed by atoms with Gasteiger partial charge in [-0.15, -0.1) is 12.6 Å². The number of thiol groups is 1. The summed E-state index contributed by atoms with van der Waals surface area (Å²) in [7, 11) is 0. The summed E-state index contributed by atoms with van der Waals surface area (Å²) in [5, 5.41) is 8.40. The average Bonchev–Trinajstić information content (AvgIpc) is 1.97. The number of carboxylic acids is 1. The zero-order valence-electron chi connectivity index (χ0n) is 8.00. The molecule has 0 heterocycles. The Hall–Kier alpha value is -0.770. The second-order valence-electron chi connectivity index (χ2n) is 3.01. The summed E-state index contributed by atoms with van der Waals surface area (Å²) < 4.78 is 0. The minimum atomic E-state index is -1.03. The van der Waals surface area contributed by atoms with Gasteiger partial charge in [-0.1, -0.05) is 20.8 Å². The molecule has 0 spiro atoms. The second-order valence-corrected chi connectivity index (χ2v) is 3.42. The standard InChI is InChI=1S/C9H14O3S/c1-4-6(9(12)13)7(5(2)3)8(10)11/h5H,4H2,1-3H3,(H,10,11)(H,12,13)/b7-6-. The van der Waals surface area contributed by atoms with Crippen molar-refractivity contribution in [1.29, 1.82) is 0 Å². The van der Waals surface area contributed by atoms with E-state index in [1.54, 1.807) is 20.8 Å². The molecule has 0 aliphatic heterocycles. The van der Waals surface area contributed by atoms with Crippen molar-refractivity contribution in [2.24, 2.45) is 5.92 Å². The number of carbonyl (C=O) groups excluding carboxylic acids is 1. The molecule has 0 radical (unpaired) electrons. The molecular weight excluding hydrogens is 188 g/mol. The zero-order chi connectivity index (χ0) is 10.6. The summed E-state index contributed by atoms with van der Waals surface area (Å²) in [6.07, 6.45) is 0.405. The van der Waals surface area contributed by atoms with Gasteiger partial charge >= 0.3 is 5.97 Å². The van der Waals surface area contributed by atoms with E-state index < -0.39 is 11.1 Å². The maximum absolute atomic E-state index is 11.0. The second kappa shape index (κ2) is 5.07. The molecule has 0 rings (SSSR count). The lowest BCUT2D eigenvalue weighted by atomic mass is 9.96. The van der Waals surface area contributed by atoms with Gasteiger partial charge in [-0.3, -0.25) is 4.79 Å². The van der Waals surface area contributed by atoms with Crippen molar-refractivity contribution in [1.82, 2.24) is 0 Å². The van der Waals surface area contributed by atoms with E-state index in [9.17, 15) is 9.59 Å². The molecule has 3 nitrogen and oxygen atoms in total. The average molecular weight is 202 g/mol. The SMILES string of the molecule is CC/C(C(=O)S)=C(/C(=O)O)C(C)C. The van der Waals surface area contributed by atoms with Crippen LogP contribution in [-0.4, -0.2) is 16.2 Å². The van der Waals surface area contributed by atoms with Crippen molar-refractivity contribution in [3.8, 4) is 0 Å². The summed E-state index contributed by atoms with van der Waals surface area (Å²) in [5.74, 6) is -1.20. The van der Waals surface area contributed by atoms with E-state index in [0.29, 0.717) is 12.0 Å². The molecule has 1 N–H and O–H groups in total. The summed E-state index contributed by atoms with van der Waals surface area (Å²) >= 11 is 3.64. The van der Waals surface area contributed by atoms with Gasteiger partial charge in [0.2, 0.25) is 5.12 Å². The monoisotopic (exact) mass is 202 g/mol. The first kappa shape index (κ1) is 12.2. The van der Waals surface area contributed by atoms with E-state index >= 15 is 0 Å². The van der Waals surface area contributed by atoms with E-state index in [0.717, 1.165) is 0 Å². The van der Waals surface area contributed by atoms with Crippen LogP contribution in [0.15, 0.2) is 11.1 Å². The normalized spacial score (nSPS) is 12.7. The Kier molecular flexibility index (Phi) is 4.77. The molecule has 0 saturated carbocycles. The van der Waals surface area contributed by atoms with Gasteiger partial charge in [-0.2, -0.15) is 0 Å². The van der Waals surface area contributed by atoms with Crippen LogP contribution in [0, 0.1) is 5.92 Å². The molecule has 0 fully saturated rings. The number of hydrogen-bond acceptors (Lipinski definition) is 2. The lowest BCUT2D eigenvalue weighted by Gasteiger charge is -2.10. The summed E-state index contributed by atoms with van der Waals surface area (Å²) in [5.41, 5.74) is 0.466. The van der Waals surface area contributed by atoms with Crippen molar-refractivity contribution < 1.29 is 14.7 Å². The number of rotatable bonds is 4. The van der Waals surface area contributed by atoms with Gasteiger partial charge in [0.05, 0.1) is 0 Å². The Morgan fingerprint density at radius 2 is 1.85 bits per heavy atom. The van der Waals surface area contributed by atoms with Crippen LogP contribution in [-0.2, 0) is 9.59 Å². The van der Waals surface area contributed by atoms with Gasteiger partial charge in [-0.05, 0) is 12.3 Å². The van der Waals surface area contributed by atoms with Crippen LogP contribution in [0.25, 0.3) is 0 Å². The van der Waals surface area contributed by atoms with Crippen LogP contribution in [0.3, 0.4) is 0 Å². The number of aliphatic carboxylic acids is 1. The van der Waals surface area contributed by atoms with E-state index in [2.05, 4.69) is 12.6 Å². The highest BCUT2D eigenvalue weighted by Crippen LogP contribution is 2.19. The first-order valence-corrected chi connectivity index (χ1v) is 4.56. The molecular formula is C9H14O3S. The molecule has 0 aromatic heterocycles. The van der Waals surface area contributed by atoms with Crippen LogP contribution in [0.2, 0.25) is 0 Å². The van der Waals surface area contributed by atoms with E-state index in [1.807, 2.05) is 0 Å². The van der Waals surface area contributed by atoms with Gasteiger partial charge in [-0.25, -0.2) is 4.79 Å². The Morgan fingerprint density at radius 1 is 1.38 bits per heavy atom. The molecule has 4 heteroatoms. The Morgan fingerprint density at radius 3 is 1.92 bits per heavy atom. The first-order valence-electron chi connectivity index (χ1n) is 4.11. The van der Waals surface area contributed by atoms with Crippen molar-refractivity contribution >= 4 is 23.7 Å². The Bertz CT molecular complexity index is 254. The van der Waals surface area contributed by atoms with Crippen molar-refractivity contribution in [3.63, 3.8) is 0 Å². The lowest BCUT2D eigenvalue weighted by molar-refractivity contribution is -0.133. The van der Waals surface area contributed by atoms with E-state index in [-0.39, 0.29) is 11.5 Å². The minimum absolute atomic E-state index is 0.163. The molecule has 0 amide bonds. The largest absolute Gasteiger partial charge is 0.478 e. The van der Waals surface area contributed by atoms with Gasteiger partial charge in [0.1, 0.15) is 0 Å². The quantitative estimate of drug-likeness (QED) is 0.540. The molecule has 0 bridgehead atoms. The Labute approximate surface area is 83.2 Å². The molecule has 0 atom stereocenters. The third kappa shape index (κ3) is 3.22. The highest BCUT2D eigenvalue weighted by Gasteiger charge is 2.19. The maximum atomic E-state index is 11.0. The minimum Gasteiger partial charge on any atom is -0.478 e. The van der Waals surface area contributed by atoms with E-state index in [4.69, 9.17) is 5.11 Å². The highest BCUT2D eigenvalue weighted by atomic mass is 32.1. The van der Waals surface area contributed by atoms with Gasteiger partial charge in [0, 0.05) is 11.1 Å². The van der Waals surface area contributed by atoms with Crippen LogP contribution >= 0.6 is 12.6 Å². The molecule has 0 aliphatic carbocycles. The molecule has 13 heavy (non-hydrogen) atoms. The highest BCUT2D eigenvalue weighted by molar-refractivity contribution is 7.97. The Balaban J connectivity index is 5.26. The fraction of sp³-hybridized carbons (Fsp3) is 0.556. The molecule has 0 unspecified atom stereocenters. The number of carbonyl (C=O) groups is 2. The van der Waals surface area contributed by atoms with Gasteiger partial charge in [0.25, 0.3) is 0 Å². The topological polar surface area (TPSA) is 54.4 Å². The first-order chi connectivity index (χ1) is 5.91. The fourth-order valence-corrected chi connectivity index (χ4v) is 1.46. The van der Waals surface area contributed by atoms with Gasteiger partial charge in [0.15, 0.2) is 0 Å². The molecule has 0 saturated heterocycles. The summed E-state index contributed by atoms with van der Waals surface area (Å²) in [6.45, 7) is 5.24. The predicted octanol–water partition coefficient (Wildman–Crippen LogP) is 1.89. The zero-order valence-corrected chi connectivity index (χ0v) is 8.89. The maximum Gasteiger partial charge on any atom is 0.332 e. The number of carboxylic acid groups (broad SMARTS) is 1. The van der Waals surface area contributed by atoms with Crippen molar-refractivity contribution in [2.45, 2.75) is 27.2 Å². The van der Waals surface area contributed by atoms with E-state index in [1.165, 1.54) is 0 Å². The summed E-state index contributed by atoms with van der Waals surface area (Å²) in [4.78, 5) is 21.8. The number of hydrogen-bond donors (Lipinski definition) is 2. The van der Waals surface area contributed by atoms with Crippen LogP contribution in [0.1, 0.15) is 27.2 Å². The lowest BCUT2D eigenvalue weighted by Crippen LogP contribution is -2.13. The van der Waals surface area contributed by atoms with Crippen molar-refractivity contribution in [3.05, 3.63) is 11.1 Å².